The molecule has 0 aromatic heterocycles. The Hall–Kier alpha value is -5.32. The highest BCUT2D eigenvalue weighted by molar-refractivity contribution is 7.89. The van der Waals surface area contributed by atoms with Crippen LogP contribution in [0.5, 0.6) is 28.7 Å². The molecule has 4 aliphatic rings. The van der Waals surface area contributed by atoms with E-state index in [4.69, 9.17) is 33.2 Å². The minimum Gasteiger partial charge on any atom is -0.497 e. The Morgan fingerprint density at radius 2 is 1.42 bits per heavy atom. The van der Waals surface area contributed by atoms with Crippen molar-refractivity contribution in [3.8, 4) is 28.7 Å². The van der Waals surface area contributed by atoms with Crippen molar-refractivity contribution < 1.29 is 51.5 Å². The van der Waals surface area contributed by atoms with Crippen molar-refractivity contribution in [2.24, 2.45) is 11.8 Å². The molecule has 1 amide bonds. The summed E-state index contributed by atoms with van der Waals surface area (Å²) in [5.41, 5.74) is 5.73. The van der Waals surface area contributed by atoms with E-state index in [1.165, 1.54) is 34.7 Å². The van der Waals surface area contributed by atoms with Gasteiger partial charge in [0.2, 0.25) is 16.3 Å². The number of benzene rings is 4. The summed E-state index contributed by atoms with van der Waals surface area (Å²) in [6.45, 7) is 4.09. The molecule has 4 heterocycles. The molecule has 6 atom stereocenters. The summed E-state index contributed by atoms with van der Waals surface area (Å²) in [5.74, 6) is 3.70. The van der Waals surface area contributed by atoms with Crippen LogP contribution in [0, 0.1) is 11.8 Å². The van der Waals surface area contributed by atoms with Crippen LogP contribution in [0.25, 0.3) is 0 Å². The maximum Gasteiger partial charge on any atom is 0.289 e. The molecule has 0 saturated carbocycles. The number of amides is 1. The molecule has 4 aliphatic heterocycles. The smallest absolute Gasteiger partial charge is 0.289 e. The number of aliphatic hydroxyl groups is 1. The zero-order valence-electron chi connectivity index (χ0n) is 39.5. The van der Waals surface area contributed by atoms with Crippen LogP contribution in [0.3, 0.4) is 0 Å². The minimum absolute atomic E-state index is 0.0373. The summed E-state index contributed by atoms with van der Waals surface area (Å²) in [6, 6.07) is 24.4. The van der Waals surface area contributed by atoms with E-state index in [0.717, 1.165) is 67.0 Å². The minimum atomic E-state index is -3.97. The highest BCUT2D eigenvalue weighted by Gasteiger charge is 2.43. The zero-order valence-corrected chi connectivity index (χ0v) is 40.3. The Bertz CT molecular complexity index is 2480. The van der Waals surface area contributed by atoms with Gasteiger partial charge in [0, 0.05) is 51.1 Å². The van der Waals surface area contributed by atoms with Gasteiger partial charge in [0.05, 0.1) is 59.7 Å². The number of allylic oxidation sites excluding steroid dienone is 1. The first-order valence-corrected chi connectivity index (χ1v) is 24.8. The summed E-state index contributed by atoms with van der Waals surface area (Å²) < 4.78 is 69.9. The number of piperidine rings is 1. The molecule has 0 aliphatic carbocycles. The first kappa shape index (κ1) is 48.1. The maximum absolute atomic E-state index is 15.4. The number of hydrogen-bond acceptors (Lipinski definition) is 12. The zero-order chi connectivity index (χ0) is 47.2. The number of aliphatic hydroxyl groups excluding tert-OH is 1. The molecule has 0 spiro atoms. The highest BCUT2D eigenvalue weighted by atomic mass is 32.2. The molecule has 0 unspecified atom stereocenters. The Labute approximate surface area is 395 Å². The number of carbonyl (C=O) groups is 1. The lowest BCUT2D eigenvalue weighted by atomic mass is 9.72. The second-order valence-electron chi connectivity index (χ2n) is 17.7. The number of carbonyl (C=O) groups excluding carboxylic acids is 1. The predicted molar refractivity (Wildman–Crippen MR) is 253 cm³/mol. The molecule has 0 bridgehead atoms. The molecule has 4 aromatic carbocycles. The average Bonchev–Trinajstić information content (AvgIpc) is 3.37. The predicted octanol–water partition coefficient (Wildman–Crippen LogP) is 7.30. The molecule has 0 radical (unpaired) electrons. The molecule has 360 valence electrons. The van der Waals surface area contributed by atoms with Crippen LogP contribution in [0.15, 0.2) is 95.6 Å². The first-order chi connectivity index (χ1) is 32.5. The number of ether oxygens (including phenoxy) is 7. The monoisotopic (exact) mass is 939 g/mol. The fourth-order valence-electron chi connectivity index (χ4n) is 10.7. The number of nitrogens with zero attached hydrogens (tertiary/aromatic N) is 3. The van der Waals surface area contributed by atoms with E-state index in [0.29, 0.717) is 42.6 Å². The van der Waals surface area contributed by atoms with Crippen LogP contribution in [-0.2, 0) is 37.1 Å². The summed E-state index contributed by atoms with van der Waals surface area (Å²) >= 11 is 0. The first-order valence-electron chi connectivity index (χ1n) is 23.4. The standard InChI is InChI=1S/C52H65N3O11S/c1-7-34-33-53-19-17-36-27-46(61-3)48(63-5)31-42(36)44(53)25-38(34)26-45-43-32-49(64-6)47(62-4)28-37(43)18-20-55(45)52(57)50-29-39(35-11-9-8-10-12-35)30-51(66-50)65-24-22-54(21-23-56)67(58,59)41-15-13-40(60-2)14-16-41/h8-16,27-29,31-32,34,38-39,44-45,51,56H,7,17-26,30,33H2,1-6H3/t34-,38+,39-,44-,45+,51+/m0/s1. The van der Waals surface area contributed by atoms with Crippen LogP contribution in [0.2, 0.25) is 0 Å². The van der Waals surface area contributed by atoms with Crippen LogP contribution in [0.4, 0.5) is 0 Å². The Kier molecular flexibility index (Phi) is 15.3. The van der Waals surface area contributed by atoms with Gasteiger partial charge in [-0.05, 0) is 120 Å². The van der Waals surface area contributed by atoms with E-state index in [1.807, 2.05) is 47.4 Å². The third-order valence-corrected chi connectivity index (χ3v) is 16.2. The second-order valence-corrected chi connectivity index (χ2v) is 19.7. The molecule has 14 nitrogen and oxygen atoms in total. The van der Waals surface area contributed by atoms with E-state index < -0.39 is 16.3 Å². The second kappa shape index (κ2) is 21.3. The number of sulfonamides is 1. The van der Waals surface area contributed by atoms with Gasteiger partial charge in [-0.3, -0.25) is 9.69 Å². The number of fused-ring (bicyclic) bond motifs is 4. The SMILES string of the molecule is CC[C@H]1CN2CCc3cc(OC)c(OC)cc3[C@@H]2C[C@@H]1C[C@@H]1c2cc(OC)c(OC)cc2CCN1C(=O)C1=C[C@H](c2ccccc2)C[C@H](OCCN(CCO)S(=O)(=O)c2ccc(OC)cc2)O1. The van der Waals surface area contributed by atoms with Crippen LogP contribution in [-0.4, -0.2) is 121 Å². The van der Waals surface area contributed by atoms with Crippen molar-refractivity contribution in [3.63, 3.8) is 0 Å². The van der Waals surface area contributed by atoms with Crippen molar-refractivity contribution in [1.82, 2.24) is 14.1 Å². The number of methoxy groups -OCH3 is 5. The summed E-state index contributed by atoms with van der Waals surface area (Å²) in [7, 11) is 4.19. The van der Waals surface area contributed by atoms with Crippen LogP contribution < -0.4 is 23.7 Å². The molecule has 8 rings (SSSR count). The van der Waals surface area contributed by atoms with Gasteiger partial charge in [-0.2, -0.15) is 4.31 Å². The molecular formula is C52H65N3O11S. The molecule has 1 fully saturated rings. The molecule has 1 saturated heterocycles. The van der Waals surface area contributed by atoms with Gasteiger partial charge in [-0.15, -0.1) is 0 Å². The fourth-order valence-corrected chi connectivity index (χ4v) is 12.1. The van der Waals surface area contributed by atoms with E-state index in [2.05, 4.69) is 30.0 Å². The van der Waals surface area contributed by atoms with Crippen LogP contribution >= 0.6 is 0 Å². The lowest BCUT2D eigenvalue weighted by Crippen LogP contribution is -2.48. The van der Waals surface area contributed by atoms with E-state index >= 15 is 4.79 Å². The fraction of sp³-hybridized carbons (Fsp3) is 0.481. The number of hydrogen-bond donors (Lipinski definition) is 1. The van der Waals surface area contributed by atoms with Gasteiger partial charge >= 0.3 is 0 Å². The molecule has 4 aromatic rings. The van der Waals surface area contributed by atoms with Crippen molar-refractivity contribution in [2.75, 3.05) is 81.5 Å². The maximum atomic E-state index is 15.4. The molecule has 15 heteroatoms. The van der Waals surface area contributed by atoms with E-state index in [1.54, 1.807) is 40.6 Å². The molecule has 1 N–H and O–H groups in total. The normalized spacial score (nSPS) is 22.7. The van der Waals surface area contributed by atoms with Gasteiger partial charge in [0.15, 0.2) is 28.8 Å². The van der Waals surface area contributed by atoms with Crippen molar-refractivity contribution in [2.45, 2.75) is 74.6 Å². The van der Waals surface area contributed by atoms with Crippen molar-refractivity contribution in [1.29, 1.82) is 0 Å². The van der Waals surface area contributed by atoms with E-state index in [9.17, 15) is 13.5 Å². The quantitative estimate of drug-likeness (QED) is 0.107. The van der Waals surface area contributed by atoms with Gasteiger partial charge in [0.25, 0.3) is 5.91 Å². The van der Waals surface area contributed by atoms with Crippen molar-refractivity contribution in [3.05, 3.63) is 119 Å². The van der Waals surface area contributed by atoms with Gasteiger partial charge < -0.3 is 43.2 Å². The Morgan fingerprint density at radius 3 is 2.06 bits per heavy atom. The number of rotatable bonds is 18. The van der Waals surface area contributed by atoms with Gasteiger partial charge in [-0.1, -0.05) is 43.7 Å². The third-order valence-electron chi connectivity index (χ3n) is 14.3. The Balaban J connectivity index is 1.09. The summed E-state index contributed by atoms with van der Waals surface area (Å²) in [5, 5.41) is 9.89. The summed E-state index contributed by atoms with van der Waals surface area (Å²) in [4.78, 5) is 20.0. The van der Waals surface area contributed by atoms with Gasteiger partial charge in [-0.25, -0.2) is 8.42 Å². The van der Waals surface area contributed by atoms with Crippen molar-refractivity contribution >= 4 is 15.9 Å². The molecular weight excluding hydrogens is 875 g/mol. The van der Waals surface area contributed by atoms with Crippen LogP contribution in [0.1, 0.15) is 78.4 Å². The summed E-state index contributed by atoms with van der Waals surface area (Å²) in [6.07, 6.45) is 5.70. The third kappa shape index (κ3) is 10.1. The topological polar surface area (TPSA) is 146 Å². The lowest BCUT2D eigenvalue weighted by molar-refractivity contribution is -0.155. The van der Waals surface area contributed by atoms with Gasteiger partial charge in [0.1, 0.15) is 5.75 Å². The largest absolute Gasteiger partial charge is 0.497 e. The lowest BCUT2D eigenvalue weighted by Gasteiger charge is -2.49. The Morgan fingerprint density at radius 1 is 0.776 bits per heavy atom. The molecule has 67 heavy (non-hydrogen) atoms. The highest BCUT2D eigenvalue weighted by Crippen LogP contribution is 2.50. The van der Waals surface area contributed by atoms with E-state index in [-0.39, 0.29) is 66.8 Å². The average molecular weight is 940 g/mol.